The number of rotatable bonds is 10. The quantitative estimate of drug-likeness (QED) is 0.202. The van der Waals surface area contributed by atoms with Crippen LogP contribution in [0.4, 0.5) is 0 Å². The van der Waals surface area contributed by atoms with E-state index in [1.807, 2.05) is 91.0 Å². The third-order valence-electron chi connectivity index (χ3n) is 6.19. The van der Waals surface area contributed by atoms with Gasteiger partial charge < -0.3 is 14.0 Å². The van der Waals surface area contributed by atoms with Gasteiger partial charge in [-0.2, -0.15) is 0 Å². The highest BCUT2D eigenvalue weighted by atomic mass is 31.2. The molecule has 0 saturated heterocycles. The number of benzene rings is 5. The van der Waals surface area contributed by atoms with Crippen molar-refractivity contribution in [2.75, 3.05) is 13.2 Å². The third-order valence-corrected chi connectivity index (χ3v) is 6.62. The summed E-state index contributed by atoms with van der Waals surface area (Å²) in [5.41, 5.74) is 1.57. The van der Waals surface area contributed by atoms with Crippen LogP contribution < -0.4 is 14.0 Å². The first-order valence-corrected chi connectivity index (χ1v) is 13.6. The predicted molar refractivity (Wildman–Crippen MR) is 145 cm³/mol. The molecule has 37 heavy (non-hydrogen) atoms. The van der Waals surface area contributed by atoms with E-state index in [9.17, 15) is 14.4 Å². The van der Waals surface area contributed by atoms with E-state index in [-0.39, 0.29) is 5.75 Å². The van der Waals surface area contributed by atoms with Gasteiger partial charge in [0, 0.05) is 29.2 Å². The van der Waals surface area contributed by atoms with Crippen molar-refractivity contribution in [3.05, 3.63) is 114 Å². The van der Waals surface area contributed by atoms with Crippen molar-refractivity contribution >= 4 is 29.4 Å². The van der Waals surface area contributed by atoms with Crippen LogP contribution >= 0.6 is 7.82 Å². The molecule has 0 heterocycles. The molecule has 0 atom stereocenters. The van der Waals surface area contributed by atoms with E-state index in [4.69, 9.17) is 14.0 Å². The highest BCUT2D eigenvalue weighted by molar-refractivity contribution is 7.46. The smallest absolute Gasteiger partial charge is 0.493 e. The van der Waals surface area contributed by atoms with E-state index in [0.29, 0.717) is 31.6 Å². The van der Waals surface area contributed by atoms with Crippen molar-refractivity contribution in [2.45, 2.75) is 12.8 Å². The van der Waals surface area contributed by atoms with E-state index >= 15 is 0 Å². The molecule has 0 amide bonds. The van der Waals surface area contributed by atoms with Crippen LogP contribution in [0.1, 0.15) is 11.1 Å². The standard InChI is InChI=1S/C30H27O6P/c31-37(32,33)36-30-17-7-12-24(18-20-34-28-15-5-10-22-8-1-3-13-25(22)28)27(30)19-21-35-29-16-6-11-23-9-2-4-14-26(23)29/h1-17H,18-21H2,(H2,31,32,33). The molecule has 0 aromatic heterocycles. The summed E-state index contributed by atoms with van der Waals surface area (Å²) in [5, 5.41) is 4.22. The molecule has 7 heteroatoms. The zero-order chi connectivity index (χ0) is 25.7. The second-order valence-electron chi connectivity index (χ2n) is 8.63. The van der Waals surface area contributed by atoms with Crippen LogP contribution in [0.25, 0.3) is 21.5 Å². The number of ether oxygens (including phenoxy) is 2. The van der Waals surface area contributed by atoms with Crippen molar-refractivity contribution in [2.24, 2.45) is 0 Å². The maximum Gasteiger partial charge on any atom is 0.524 e. The lowest BCUT2D eigenvalue weighted by atomic mass is 10.0. The zero-order valence-corrected chi connectivity index (χ0v) is 21.0. The van der Waals surface area contributed by atoms with Crippen LogP contribution in [0.5, 0.6) is 17.2 Å². The van der Waals surface area contributed by atoms with Gasteiger partial charge in [0.2, 0.25) is 0 Å². The Hall–Kier alpha value is -3.83. The highest BCUT2D eigenvalue weighted by Gasteiger charge is 2.20. The molecule has 0 aliphatic heterocycles. The van der Waals surface area contributed by atoms with Crippen molar-refractivity contribution in [1.29, 1.82) is 0 Å². The Morgan fingerprint density at radius 2 is 1.05 bits per heavy atom. The van der Waals surface area contributed by atoms with E-state index in [0.717, 1.165) is 38.6 Å². The minimum absolute atomic E-state index is 0.150. The normalized spacial score (nSPS) is 11.5. The summed E-state index contributed by atoms with van der Waals surface area (Å²) >= 11 is 0. The first kappa shape index (κ1) is 24.8. The number of hydrogen-bond acceptors (Lipinski definition) is 4. The second kappa shape index (κ2) is 11.1. The van der Waals surface area contributed by atoms with Gasteiger partial charge in [0.1, 0.15) is 17.2 Å². The molecule has 5 rings (SSSR count). The van der Waals surface area contributed by atoms with Gasteiger partial charge in [-0.15, -0.1) is 0 Å². The van der Waals surface area contributed by atoms with Crippen LogP contribution in [0, 0.1) is 0 Å². The van der Waals surface area contributed by atoms with Crippen LogP contribution in [-0.4, -0.2) is 23.0 Å². The molecule has 0 fully saturated rings. The Morgan fingerprint density at radius 3 is 1.65 bits per heavy atom. The lowest BCUT2D eigenvalue weighted by Gasteiger charge is -2.17. The van der Waals surface area contributed by atoms with Crippen LogP contribution in [-0.2, 0) is 17.4 Å². The first-order valence-electron chi connectivity index (χ1n) is 12.0. The molecule has 2 N–H and O–H groups in total. The lowest BCUT2D eigenvalue weighted by molar-refractivity contribution is 0.279. The number of fused-ring (bicyclic) bond motifs is 2. The number of phosphoric ester groups is 1. The number of phosphoric acid groups is 1. The summed E-state index contributed by atoms with van der Waals surface area (Å²) in [7, 11) is -4.73. The molecule has 0 unspecified atom stereocenters. The van der Waals surface area contributed by atoms with Crippen molar-refractivity contribution in [3.8, 4) is 17.2 Å². The molecule has 0 spiro atoms. The number of hydrogen-bond donors (Lipinski definition) is 2. The molecule has 0 aliphatic rings. The monoisotopic (exact) mass is 514 g/mol. The Bertz CT molecular complexity index is 1570. The lowest BCUT2D eigenvalue weighted by Crippen LogP contribution is -2.09. The molecular formula is C30H27O6P. The van der Waals surface area contributed by atoms with Crippen LogP contribution in [0.15, 0.2) is 103 Å². The van der Waals surface area contributed by atoms with E-state index in [1.165, 1.54) is 0 Å². The summed E-state index contributed by atoms with van der Waals surface area (Å²) in [6.07, 6.45) is 0.939. The molecule has 0 saturated carbocycles. The van der Waals surface area contributed by atoms with Gasteiger partial charge in [-0.1, -0.05) is 84.9 Å². The molecule has 188 valence electrons. The van der Waals surface area contributed by atoms with Gasteiger partial charge in [-0.25, -0.2) is 4.57 Å². The minimum Gasteiger partial charge on any atom is -0.493 e. The molecule has 0 aliphatic carbocycles. The highest BCUT2D eigenvalue weighted by Crippen LogP contribution is 2.40. The SMILES string of the molecule is O=P(O)(O)Oc1cccc(CCOc2cccc3ccccc23)c1CCOc1cccc2ccccc12. The Kier molecular flexibility index (Phi) is 7.42. The molecule has 6 nitrogen and oxygen atoms in total. The second-order valence-corrected chi connectivity index (χ2v) is 9.79. The van der Waals surface area contributed by atoms with Gasteiger partial charge in [-0.05, 0) is 34.5 Å². The van der Waals surface area contributed by atoms with E-state index in [1.54, 1.807) is 12.1 Å². The van der Waals surface area contributed by atoms with Gasteiger partial charge in [0.25, 0.3) is 0 Å². The maximum atomic E-state index is 11.6. The first-order chi connectivity index (χ1) is 18.0. The molecule has 0 radical (unpaired) electrons. The minimum atomic E-state index is -4.73. The topological polar surface area (TPSA) is 85.2 Å². The van der Waals surface area contributed by atoms with Crippen LogP contribution in [0.2, 0.25) is 0 Å². The molecule has 5 aromatic rings. The molecular weight excluding hydrogens is 487 g/mol. The third kappa shape index (κ3) is 6.12. The molecule has 0 bridgehead atoms. The van der Waals surface area contributed by atoms with Crippen molar-refractivity contribution in [3.63, 3.8) is 0 Å². The fraction of sp³-hybridized carbons (Fsp3) is 0.133. The Morgan fingerprint density at radius 1 is 0.568 bits per heavy atom. The fourth-order valence-corrected chi connectivity index (χ4v) is 4.95. The average molecular weight is 515 g/mol. The largest absolute Gasteiger partial charge is 0.524 e. The van der Waals surface area contributed by atoms with E-state index in [2.05, 4.69) is 0 Å². The fourth-order valence-electron chi connectivity index (χ4n) is 4.52. The van der Waals surface area contributed by atoms with Gasteiger partial charge in [-0.3, -0.25) is 9.79 Å². The van der Waals surface area contributed by atoms with Crippen molar-refractivity contribution < 1.29 is 28.3 Å². The Balaban J connectivity index is 1.34. The van der Waals surface area contributed by atoms with Crippen molar-refractivity contribution in [1.82, 2.24) is 0 Å². The zero-order valence-electron chi connectivity index (χ0n) is 20.1. The average Bonchev–Trinajstić information content (AvgIpc) is 2.89. The maximum absolute atomic E-state index is 11.6. The van der Waals surface area contributed by atoms with Gasteiger partial charge in [0.15, 0.2) is 0 Å². The summed E-state index contributed by atoms with van der Waals surface area (Å²) in [5.74, 6) is 1.70. The van der Waals surface area contributed by atoms with Gasteiger partial charge in [0.05, 0.1) is 13.2 Å². The molecule has 5 aromatic carbocycles. The van der Waals surface area contributed by atoms with E-state index < -0.39 is 7.82 Å². The Labute approximate surface area is 215 Å². The van der Waals surface area contributed by atoms with Crippen LogP contribution in [0.3, 0.4) is 0 Å². The predicted octanol–water partition coefficient (Wildman–Crippen LogP) is 6.71. The summed E-state index contributed by atoms with van der Waals surface area (Å²) in [6, 6.07) is 33.1. The summed E-state index contributed by atoms with van der Waals surface area (Å²) in [4.78, 5) is 18.9. The summed E-state index contributed by atoms with van der Waals surface area (Å²) in [6.45, 7) is 0.706. The summed E-state index contributed by atoms with van der Waals surface area (Å²) < 4.78 is 28.9. The van der Waals surface area contributed by atoms with Gasteiger partial charge >= 0.3 is 7.82 Å².